The first kappa shape index (κ1) is 18.0. The molecule has 0 radical (unpaired) electrons. The van der Waals surface area contributed by atoms with E-state index in [1.165, 1.54) is 0 Å². The fourth-order valence-corrected chi connectivity index (χ4v) is 3.25. The maximum Gasteiger partial charge on any atom is 0.335 e. The summed E-state index contributed by atoms with van der Waals surface area (Å²) in [6.45, 7) is 7.32. The van der Waals surface area contributed by atoms with E-state index in [1.54, 1.807) is 18.2 Å². The summed E-state index contributed by atoms with van der Waals surface area (Å²) in [5.74, 6) is -0.913. The van der Waals surface area contributed by atoms with Crippen LogP contribution in [-0.4, -0.2) is 57.8 Å². The molecule has 7 nitrogen and oxygen atoms in total. The van der Waals surface area contributed by atoms with E-state index in [-0.39, 0.29) is 11.5 Å². The first-order chi connectivity index (χ1) is 12.5. The molecular formula is C19H24N4O3. The molecule has 7 heteroatoms. The van der Waals surface area contributed by atoms with E-state index in [0.717, 1.165) is 24.3 Å². The number of amides is 1. The third kappa shape index (κ3) is 3.71. The predicted octanol–water partition coefficient (Wildman–Crippen LogP) is 2.26. The molecule has 2 aromatic rings. The zero-order valence-electron chi connectivity index (χ0n) is 15.2. The monoisotopic (exact) mass is 356 g/mol. The van der Waals surface area contributed by atoms with Crippen LogP contribution in [-0.2, 0) is 6.54 Å². The van der Waals surface area contributed by atoms with Gasteiger partial charge >= 0.3 is 5.97 Å². The van der Waals surface area contributed by atoms with Crippen LogP contribution >= 0.6 is 0 Å². The average Bonchev–Trinajstić information content (AvgIpc) is 3.02. The number of benzene rings is 1. The minimum Gasteiger partial charge on any atom is -0.478 e. The Kier molecular flexibility index (Phi) is 5.25. The highest BCUT2D eigenvalue weighted by Crippen LogP contribution is 2.19. The number of aryl methyl sites for hydroxylation is 2. The van der Waals surface area contributed by atoms with Gasteiger partial charge in [-0.15, -0.1) is 0 Å². The van der Waals surface area contributed by atoms with Crippen LogP contribution in [0.15, 0.2) is 30.5 Å². The first-order valence-electron chi connectivity index (χ1n) is 8.91. The molecular weight excluding hydrogens is 332 g/mol. The van der Waals surface area contributed by atoms with Crippen LogP contribution in [0.1, 0.15) is 39.8 Å². The molecule has 0 saturated carbocycles. The Hall–Kier alpha value is -2.83. The molecule has 138 valence electrons. The number of aromatic nitrogens is 2. The number of hydrogen-bond acceptors (Lipinski definition) is 4. The van der Waals surface area contributed by atoms with Crippen molar-refractivity contribution in [1.82, 2.24) is 14.7 Å². The molecule has 0 atom stereocenters. The number of carbonyl (C=O) groups excluding carboxylic acids is 1. The summed E-state index contributed by atoms with van der Waals surface area (Å²) in [4.78, 5) is 27.9. The van der Waals surface area contributed by atoms with Gasteiger partial charge in [0.25, 0.3) is 5.91 Å². The molecule has 1 aliphatic heterocycles. The molecule has 1 aromatic carbocycles. The standard InChI is InChI=1S/C19H24N4O3/c1-3-7-23-13-17(14(2)20-23)18(24)22-10-8-21(9-11-22)16-6-4-5-15(12-16)19(25)26/h4-6,12-13H,3,7-11H2,1-2H3,(H,25,26). The van der Waals surface area contributed by atoms with Crippen LogP contribution in [0.3, 0.4) is 0 Å². The number of aromatic carboxylic acids is 1. The predicted molar refractivity (Wildman–Crippen MR) is 98.8 cm³/mol. The molecule has 1 N–H and O–H groups in total. The molecule has 1 aromatic heterocycles. The van der Waals surface area contributed by atoms with Crippen molar-refractivity contribution in [2.45, 2.75) is 26.8 Å². The Morgan fingerprint density at radius 1 is 1.19 bits per heavy atom. The molecule has 1 saturated heterocycles. The summed E-state index contributed by atoms with van der Waals surface area (Å²) in [6, 6.07) is 6.92. The average molecular weight is 356 g/mol. The summed E-state index contributed by atoms with van der Waals surface area (Å²) in [6.07, 6.45) is 2.81. The zero-order valence-corrected chi connectivity index (χ0v) is 15.2. The van der Waals surface area contributed by atoms with E-state index < -0.39 is 5.97 Å². The molecule has 1 amide bonds. The van der Waals surface area contributed by atoms with Crippen LogP contribution in [0.25, 0.3) is 0 Å². The number of piperazine rings is 1. The normalized spacial score (nSPS) is 14.5. The van der Waals surface area contributed by atoms with Gasteiger partial charge in [-0.1, -0.05) is 13.0 Å². The number of carbonyl (C=O) groups is 2. The summed E-state index contributed by atoms with van der Waals surface area (Å²) in [7, 11) is 0. The lowest BCUT2D eigenvalue weighted by Gasteiger charge is -2.36. The van der Waals surface area contributed by atoms with Crippen molar-refractivity contribution in [2.75, 3.05) is 31.1 Å². The molecule has 1 aliphatic rings. The Morgan fingerprint density at radius 2 is 1.92 bits per heavy atom. The molecule has 2 heterocycles. The molecule has 26 heavy (non-hydrogen) atoms. The lowest BCUT2D eigenvalue weighted by atomic mass is 10.1. The number of anilines is 1. The third-order valence-electron chi connectivity index (χ3n) is 4.65. The van der Waals surface area contributed by atoms with Crippen molar-refractivity contribution in [1.29, 1.82) is 0 Å². The molecule has 0 aliphatic carbocycles. The molecule has 0 bridgehead atoms. The van der Waals surface area contributed by atoms with Gasteiger partial charge in [0.1, 0.15) is 0 Å². The van der Waals surface area contributed by atoms with E-state index in [4.69, 9.17) is 5.11 Å². The fourth-order valence-electron chi connectivity index (χ4n) is 3.25. The Balaban J connectivity index is 1.66. The minimum absolute atomic E-state index is 0.0174. The van der Waals surface area contributed by atoms with Gasteiger partial charge in [-0.2, -0.15) is 5.10 Å². The largest absolute Gasteiger partial charge is 0.478 e. The third-order valence-corrected chi connectivity index (χ3v) is 4.65. The van der Waals surface area contributed by atoms with Gasteiger partial charge in [0.15, 0.2) is 0 Å². The van der Waals surface area contributed by atoms with Gasteiger partial charge in [0.05, 0.1) is 16.8 Å². The van der Waals surface area contributed by atoms with Crippen LogP contribution in [0.2, 0.25) is 0 Å². The Labute approximate surface area is 152 Å². The van der Waals surface area contributed by atoms with Crippen molar-refractivity contribution in [3.05, 3.63) is 47.3 Å². The number of hydrogen-bond donors (Lipinski definition) is 1. The van der Waals surface area contributed by atoms with Crippen LogP contribution in [0, 0.1) is 6.92 Å². The van der Waals surface area contributed by atoms with Gasteiger partial charge < -0.3 is 14.9 Å². The molecule has 0 spiro atoms. The number of carboxylic acid groups (broad SMARTS) is 1. The topological polar surface area (TPSA) is 78.7 Å². The summed E-state index contributed by atoms with van der Waals surface area (Å²) < 4.78 is 1.83. The van der Waals surface area contributed by atoms with E-state index in [0.29, 0.717) is 31.7 Å². The van der Waals surface area contributed by atoms with E-state index in [2.05, 4.69) is 16.9 Å². The van der Waals surface area contributed by atoms with Gasteiger partial charge in [0.2, 0.25) is 0 Å². The van der Waals surface area contributed by atoms with Crippen molar-refractivity contribution >= 4 is 17.6 Å². The maximum absolute atomic E-state index is 12.8. The second-order valence-electron chi connectivity index (χ2n) is 6.53. The highest BCUT2D eigenvalue weighted by Gasteiger charge is 2.25. The van der Waals surface area contributed by atoms with Crippen molar-refractivity contribution in [2.24, 2.45) is 0 Å². The summed E-state index contributed by atoms with van der Waals surface area (Å²) in [5.41, 5.74) is 2.59. The van der Waals surface area contributed by atoms with Crippen LogP contribution in [0.4, 0.5) is 5.69 Å². The van der Waals surface area contributed by atoms with Gasteiger partial charge in [-0.05, 0) is 31.5 Å². The van der Waals surface area contributed by atoms with Gasteiger partial charge in [0, 0.05) is 44.6 Å². The maximum atomic E-state index is 12.8. The lowest BCUT2D eigenvalue weighted by molar-refractivity contribution is 0.0696. The van der Waals surface area contributed by atoms with Gasteiger partial charge in [-0.25, -0.2) is 4.79 Å². The van der Waals surface area contributed by atoms with E-state index in [1.807, 2.05) is 28.8 Å². The molecule has 3 rings (SSSR count). The molecule has 0 unspecified atom stereocenters. The smallest absolute Gasteiger partial charge is 0.335 e. The van der Waals surface area contributed by atoms with E-state index in [9.17, 15) is 9.59 Å². The Morgan fingerprint density at radius 3 is 2.58 bits per heavy atom. The SMILES string of the molecule is CCCn1cc(C(=O)N2CCN(c3cccc(C(=O)O)c3)CC2)c(C)n1. The lowest BCUT2D eigenvalue weighted by Crippen LogP contribution is -2.48. The summed E-state index contributed by atoms with van der Waals surface area (Å²) in [5, 5.41) is 13.5. The summed E-state index contributed by atoms with van der Waals surface area (Å²) >= 11 is 0. The van der Waals surface area contributed by atoms with Crippen LogP contribution in [0.5, 0.6) is 0 Å². The Bertz CT molecular complexity index is 807. The van der Waals surface area contributed by atoms with E-state index >= 15 is 0 Å². The van der Waals surface area contributed by atoms with Crippen molar-refractivity contribution in [3.63, 3.8) is 0 Å². The minimum atomic E-state index is -0.930. The number of rotatable bonds is 5. The zero-order chi connectivity index (χ0) is 18.7. The first-order valence-corrected chi connectivity index (χ1v) is 8.91. The number of nitrogens with zero attached hydrogens (tertiary/aromatic N) is 4. The van der Waals surface area contributed by atoms with Crippen LogP contribution < -0.4 is 4.90 Å². The second kappa shape index (κ2) is 7.59. The van der Waals surface area contributed by atoms with Crippen molar-refractivity contribution in [3.8, 4) is 0 Å². The fraction of sp³-hybridized carbons (Fsp3) is 0.421. The highest BCUT2D eigenvalue weighted by atomic mass is 16.4. The highest BCUT2D eigenvalue weighted by molar-refractivity contribution is 5.95. The number of carboxylic acids is 1. The van der Waals surface area contributed by atoms with Gasteiger partial charge in [-0.3, -0.25) is 9.48 Å². The molecule has 1 fully saturated rings. The second-order valence-corrected chi connectivity index (χ2v) is 6.53. The van der Waals surface area contributed by atoms with Crippen molar-refractivity contribution < 1.29 is 14.7 Å². The quantitative estimate of drug-likeness (QED) is 0.889.